The van der Waals surface area contributed by atoms with Crippen LogP contribution in [0, 0.1) is 5.82 Å². The molecule has 2 aromatic rings. The molecule has 0 bridgehead atoms. The highest BCUT2D eigenvalue weighted by Crippen LogP contribution is 2.23. The topological polar surface area (TPSA) is 35.5 Å². The van der Waals surface area contributed by atoms with Crippen LogP contribution in [-0.4, -0.2) is 20.0 Å². The fraction of sp³-hybridized carbons (Fsp3) is 0.118. The van der Waals surface area contributed by atoms with Crippen molar-refractivity contribution in [2.45, 2.75) is 0 Å². The molecule has 0 aliphatic carbocycles. The largest absolute Gasteiger partial charge is 0.497 e. The van der Waals surface area contributed by atoms with Gasteiger partial charge >= 0.3 is 0 Å². The van der Waals surface area contributed by atoms with Crippen LogP contribution in [0.15, 0.2) is 48.5 Å². The van der Waals surface area contributed by atoms with Crippen LogP contribution in [-0.2, 0) is 0 Å². The Bertz CT molecular complexity index is 655. The minimum Gasteiger partial charge on any atom is -0.497 e. The lowest BCUT2D eigenvalue weighted by Gasteiger charge is -2.05. The maximum absolute atomic E-state index is 13.1. The number of halogens is 1. The number of benzene rings is 2. The van der Waals surface area contributed by atoms with Gasteiger partial charge in [-0.05, 0) is 35.9 Å². The van der Waals surface area contributed by atoms with Crippen LogP contribution in [0.25, 0.3) is 6.08 Å². The molecule has 0 heterocycles. The van der Waals surface area contributed by atoms with Crippen LogP contribution < -0.4 is 9.47 Å². The molecule has 0 unspecified atom stereocenters. The lowest BCUT2D eigenvalue weighted by Crippen LogP contribution is -1.94. The molecule has 3 nitrogen and oxygen atoms in total. The van der Waals surface area contributed by atoms with Gasteiger partial charge in [0.1, 0.15) is 17.3 Å². The Labute approximate surface area is 122 Å². The van der Waals surface area contributed by atoms with Crippen LogP contribution >= 0.6 is 0 Å². The molecule has 2 aromatic carbocycles. The fourth-order valence-electron chi connectivity index (χ4n) is 1.84. The Morgan fingerprint density at radius 1 is 1.05 bits per heavy atom. The van der Waals surface area contributed by atoms with Crippen molar-refractivity contribution in [2.75, 3.05) is 14.2 Å². The number of rotatable bonds is 5. The van der Waals surface area contributed by atoms with Crippen molar-refractivity contribution < 1.29 is 18.7 Å². The van der Waals surface area contributed by atoms with Crippen molar-refractivity contribution in [3.05, 3.63) is 65.5 Å². The summed E-state index contributed by atoms with van der Waals surface area (Å²) in [6.45, 7) is 0. The van der Waals surface area contributed by atoms with Crippen molar-refractivity contribution in [3.8, 4) is 11.5 Å². The molecule has 0 fully saturated rings. The maximum atomic E-state index is 13.1. The number of methoxy groups -OCH3 is 2. The SMILES string of the molecule is COc1cc(C=CC(=O)c2cccc(F)c2)cc(OC)c1. The van der Waals surface area contributed by atoms with Crippen molar-refractivity contribution >= 4 is 11.9 Å². The summed E-state index contributed by atoms with van der Waals surface area (Å²) in [5.41, 5.74) is 1.07. The van der Waals surface area contributed by atoms with Gasteiger partial charge in [-0.1, -0.05) is 18.2 Å². The van der Waals surface area contributed by atoms with E-state index in [4.69, 9.17) is 9.47 Å². The summed E-state index contributed by atoms with van der Waals surface area (Å²) >= 11 is 0. The van der Waals surface area contributed by atoms with Crippen molar-refractivity contribution in [1.82, 2.24) is 0 Å². The van der Waals surface area contributed by atoms with Gasteiger partial charge in [0.05, 0.1) is 14.2 Å². The van der Waals surface area contributed by atoms with Gasteiger partial charge in [-0.25, -0.2) is 4.39 Å². The molecule has 0 saturated heterocycles. The first kappa shape index (κ1) is 14.8. The zero-order chi connectivity index (χ0) is 15.2. The quantitative estimate of drug-likeness (QED) is 0.620. The first-order chi connectivity index (χ1) is 10.1. The second kappa shape index (κ2) is 6.70. The van der Waals surface area contributed by atoms with Crippen LogP contribution in [0.4, 0.5) is 4.39 Å². The molecule has 0 saturated carbocycles. The average molecular weight is 286 g/mol. The number of carbonyl (C=O) groups is 1. The number of ether oxygens (including phenoxy) is 2. The van der Waals surface area contributed by atoms with E-state index in [0.717, 1.165) is 5.56 Å². The van der Waals surface area contributed by atoms with E-state index in [1.807, 2.05) is 0 Å². The second-order valence-corrected chi connectivity index (χ2v) is 4.35. The average Bonchev–Trinajstić information content (AvgIpc) is 2.52. The fourth-order valence-corrected chi connectivity index (χ4v) is 1.84. The van der Waals surface area contributed by atoms with E-state index in [-0.39, 0.29) is 5.78 Å². The Balaban J connectivity index is 2.22. The summed E-state index contributed by atoms with van der Waals surface area (Å²) in [7, 11) is 3.11. The van der Waals surface area contributed by atoms with Gasteiger partial charge in [-0.2, -0.15) is 0 Å². The number of hydrogen-bond donors (Lipinski definition) is 0. The normalized spacial score (nSPS) is 10.6. The number of ketones is 1. The summed E-state index contributed by atoms with van der Waals surface area (Å²) in [6.07, 6.45) is 3.03. The zero-order valence-corrected chi connectivity index (χ0v) is 11.8. The molecule has 0 atom stereocenters. The smallest absolute Gasteiger partial charge is 0.185 e. The number of hydrogen-bond acceptors (Lipinski definition) is 3. The molecule has 0 spiro atoms. The third kappa shape index (κ3) is 3.92. The summed E-state index contributed by atoms with van der Waals surface area (Å²) in [5.74, 6) is 0.563. The summed E-state index contributed by atoms with van der Waals surface area (Å²) in [6, 6.07) is 10.9. The Kier molecular flexibility index (Phi) is 4.72. The van der Waals surface area contributed by atoms with E-state index in [1.54, 1.807) is 44.6 Å². The lowest BCUT2D eigenvalue weighted by molar-refractivity contribution is 0.104. The highest BCUT2D eigenvalue weighted by molar-refractivity contribution is 6.06. The molecular weight excluding hydrogens is 271 g/mol. The Morgan fingerprint density at radius 2 is 1.71 bits per heavy atom. The Hall–Kier alpha value is -2.62. The van der Waals surface area contributed by atoms with E-state index < -0.39 is 5.82 Å². The molecular formula is C17H15FO3. The highest BCUT2D eigenvalue weighted by Gasteiger charge is 2.04. The first-order valence-corrected chi connectivity index (χ1v) is 6.33. The van der Waals surface area contributed by atoms with Crippen LogP contribution in [0.5, 0.6) is 11.5 Å². The number of allylic oxidation sites excluding steroid dienone is 1. The van der Waals surface area contributed by atoms with E-state index in [9.17, 15) is 9.18 Å². The van der Waals surface area contributed by atoms with Crippen molar-refractivity contribution in [1.29, 1.82) is 0 Å². The minimum absolute atomic E-state index is 0.267. The second-order valence-electron chi connectivity index (χ2n) is 4.35. The first-order valence-electron chi connectivity index (χ1n) is 6.33. The van der Waals surface area contributed by atoms with Crippen molar-refractivity contribution in [3.63, 3.8) is 0 Å². The molecule has 0 radical (unpaired) electrons. The predicted octanol–water partition coefficient (Wildman–Crippen LogP) is 3.74. The zero-order valence-electron chi connectivity index (χ0n) is 11.8. The molecule has 0 N–H and O–H groups in total. The van der Waals surface area contributed by atoms with Crippen LogP contribution in [0.1, 0.15) is 15.9 Å². The molecule has 0 aliphatic rings. The van der Waals surface area contributed by atoms with E-state index in [1.165, 1.54) is 24.3 Å². The third-order valence-electron chi connectivity index (χ3n) is 2.91. The van der Waals surface area contributed by atoms with Gasteiger partial charge in [0, 0.05) is 11.6 Å². The summed E-state index contributed by atoms with van der Waals surface area (Å²) < 4.78 is 23.4. The van der Waals surface area contributed by atoms with E-state index in [0.29, 0.717) is 17.1 Å². The molecule has 0 aliphatic heterocycles. The standard InChI is InChI=1S/C17H15FO3/c1-20-15-8-12(9-16(11-15)21-2)6-7-17(19)13-4-3-5-14(18)10-13/h3-11H,1-2H3. The van der Waals surface area contributed by atoms with Gasteiger partial charge in [-0.15, -0.1) is 0 Å². The molecule has 0 aromatic heterocycles. The lowest BCUT2D eigenvalue weighted by atomic mass is 10.1. The molecule has 0 amide bonds. The van der Waals surface area contributed by atoms with Crippen LogP contribution in [0.3, 0.4) is 0 Å². The van der Waals surface area contributed by atoms with Gasteiger partial charge in [-0.3, -0.25) is 4.79 Å². The van der Waals surface area contributed by atoms with Gasteiger partial charge < -0.3 is 9.47 Å². The monoisotopic (exact) mass is 286 g/mol. The highest BCUT2D eigenvalue weighted by atomic mass is 19.1. The van der Waals surface area contributed by atoms with E-state index in [2.05, 4.69) is 0 Å². The summed E-state index contributed by atoms with van der Waals surface area (Å²) in [4.78, 5) is 12.0. The maximum Gasteiger partial charge on any atom is 0.185 e. The van der Waals surface area contributed by atoms with Gasteiger partial charge in [0.25, 0.3) is 0 Å². The van der Waals surface area contributed by atoms with Crippen molar-refractivity contribution in [2.24, 2.45) is 0 Å². The molecule has 108 valence electrons. The Morgan fingerprint density at radius 3 is 2.29 bits per heavy atom. The predicted molar refractivity (Wildman–Crippen MR) is 79.3 cm³/mol. The molecule has 2 rings (SSSR count). The molecule has 4 heteroatoms. The molecule has 21 heavy (non-hydrogen) atoms. The minimum atomic E-state index is -0.433. The third-order valence-corrected chi connectivity index (χ3v) is 2.91. The summed E-state index contributed by atoms with van der Waals surface area (Å²) in [5, 5.41) is 0. The van der Waals surface area contributed by atoms with Gasteiger partial charge in [0.2, 0.25) is 0 Å². The van der Waals surface area contributed by atoms with Gasteiger partial charge in [0.15, 0.2) is 5.78 Å². The number of carbonyl (C=O) groups excluding carboxylic acids is 1. The van der Waals surface area contributed by atoms with E-state index >= 15 is 0 Å². The van der Waals surface area contributed by atoms with Crippen LogP contribution in [0.2, 0.25) is 0 Å².